The summed E-state index contributed by atoms with van der Waals surface area (Å²) in [6.07, 6.45) is 2.24. The van der Waals surface area contributed by atoms with Crippen LogP contribution in [0, 0.1) is 11.6 Å². The first-order valence-corrected chi connectivity index (χ1v) is 12.8. The SMILES string of the molecule is COc1cc(OCC(=O)N2CCC(c3nc(C4=NOC(c5c(Cl)ccc(F)c5F)C4)cs3)CC2)ncn1. The van der Waals surface area contributed by atoms with Crippen LogP contribution in [0.3, 0.4) is 0 Å². The number of thiazole rings is 1. The van der Waals surface area contributed by atoms with E-state index in [4.69, 9.17) is 30.9 Å². The Hall–Kier alpha value is -3.38. The molecule has 1 aromatic carbocycles. The molecule has 37 heavy (non-hydrogen) atoms. The van der Waals surface area contributed by atoms with Gasteiger partial charge in [-0.3, -0.25) is 4.79 Å². The summed E-state index contributed by atoms with van der Waals surface area (Å²) in [5, 5.41) is 6.96. The summed E-state index contributed by atoms with van der Waals surface area (Å²) >= 11 is 7.59. The van der Waals surface area contributed by atoms with Crippen LogP contribution in [0.2, 0.25) is 5.02 Å². The third-order valence-electron chi connectivity index (χ3n) is 6.25. The third kappa shape index (κ3) is 5.49. The topological polar surface area (TPSA) is 99.0 Å². The summed E-state index contributed by atoms with van der Waals surface area (Å²) in [4.78, 5) is 32.3. The maximum atomic E-state index is 14.3. The number of oxime groups is 1. The van der Waals surface area contributed by atoms with Crippen molar-refractivity contribution in [2.45, 2.75) is 31.3 Å². The van der Waals surface area contributed by atoms with Crippen molar-refractivity contribution in [3.8, 4) is 11.8 Å². The van der Waals surface area contributed by atoms with Crippen LogP contribution in [0.5, 0.6) is 11.8 Å². The largest absolute Gasteiger partial charge is 0.481 e. The van der Waals surface area contributed by atoms with E-state index in [1.165, 1.54) is 36.9 Å². The Morgan fingerprint density at radius 1 is 1.24 bits per heavy atom. The first-order chi connectivity index (χ1) is 17.9. The second-order valence-corrected chi connectivity index (χ2v) is 9.80. The highest BCUT2D eigenvalue weighted by Gasteiger charge is 2.32. The molecule has 0 aliphatic carbocycles. The van der Waals surface area contributed by atoms with E-state index >= 15 is 0 Å². The molecule has 2 aliphatic rings. The van der Waals surface area contributed by atoms with Crippen LogP contribution in [-0.2, 0) is 9.63 Å². The average Bonchev–Trinajstić information content (AvgIpc) is 3.60. The fourth-order valence-electron chi connectivity index (χ4n) is 4.25. The molecule has 194 valence electrons. The van der Waals surface area contributed by atoms with Gasteiger partial charge >= 0.3 is 0 Å². The highest BCUT2D eigenvalue weighted by molar-refractivity contribution is 7.10. The second kappa shape index (κ2) is 10.9. The van der Waals surface area contributed by atoms with Crippen LogP contribution in [0.25, 0.3) is 0 Å². The van der Waals surface area contributed by atoms with Crippen LogP contribution < -0.4 is 9.47 Å². The standard InChI is InChI=1S/C24H22ClF2N5O4S/c1-34-19-9-20(29-12-28-19)35-10-21(33)32-6-4-13(5-7-32)24-30-17(11-37-24)16-8-18(36-31-16)22-14(25)2-3-15(26)23(22)27/h2-3,9,11-13,18H,4-8,10H2,1H3. The summed E-state index contributed by atoms with van der Waals surface area (Å²) in [6.45, 7) is 1.04. The van der Waals surface area contributed by atoms with Gasteiger partial charge < -0.3 is 19.2 Å². The quantitative estimate of drug-likeness (QED) is 0.399. The van der Waals surface area contributed by atoms with E-state index in [0.29, 0.717) is 30.4 Å². The van der Waals surface area contributed by atoms with Crippen molar-refractivity contribution >= 4 is 34.6 Å². The molecule has 1 saturated heterocycles. The number of carbonyl (C=O) groups is 1. The number of likely N-dealkylation sites (tertiary alicyclic amines) is 1. The van der Waals surface area contributed by atoms with Crippen molar-refractivity contribution in [2.75, 3.05) is 26.8 Å². The number of piperidine rings is 1. The highest BCUT2D eigenvalue weighted by Crippen LogP contribution is 2.37. The minimum atomic E-state index is -1.03. The van der Waals surface area contributed by atoms with E-state index < -0.39 is 17.7 Å². The highest BCUT2D eigenvalue weighted by atomic mass is 35.5. The molecule has 4 heterocycles. The summed E-state index contributed by atoms with van der Waals surface area (Å²) in [5.74, 6) is -1.31. The van der Waals surface area contributed by atoms with Gasteiger partial charge in [0.05, 0.1) is 34.5 Å². The zero-order valence-corrected chi connectivity index (χ0v) is 21.3. The van der Waals surface area contributed by atoms with Crippen molar-refractivity contribution in [3.63, 3.8) is 0 Å². The fraction of sp³-hybridized carbons (Fsp3) is 0.375. The minimum absolute atomic E-state index is 0.0456. The number of nitrogens with zero attached hydrogens (tertiary/aromatic N) is 5. The number of benzene rings is 1. The maximum Gasteiger partial charge on any atom is 0.260 e. The van der Waals surface area contributed by atoms with Crippen LogP contribution in [0.4, 0.5) is 8.78 Å². The van der Waals surface area contributed by atoms with Gasteiger partial charge in [-0.2, -0.15) is 0 Å². The molecule has 2 aliphatic heterocycles. The van der Waals surface area contributed by atoms with Crippen LogP contribution in [0.1, 0.15) is 47.5 Å². The van der Waals surface area contributed by atoms with Gasteiger partial charge in [-0.15, -0.1) is 11.3 Å². The summed E-state index contributed by atoms with van der Waals surface area (Å²) in [7, 11) is 1.49. The van der Waals surface area contributed by atoms with Gasteiger partial charge in [0.15, 0.2) is 24.3 Å². The lowest BCUT2D eigenvalue weighted by Crippen LogP contribution is -2.40. The Balaban J connectivity index is 1.14. The van der Waals surface area contributed by atoms with Crippen LogP contribution in [-0.4, -0.2) is 58.3 Å². The number of amides is 1. The molecule has 0 radical (unpaired) electrons. The molecule has 1 amide bonds. The van der Waals surface area contributed by atoms with Gasteiger partial charge in [0.1, 0.15) is 12.0 Å². The van der Waals surface area contributed by atoms with Crippen molar-refractivity contribution in [2.24, 2.45) is 5.16 Å². The normalized spacial score (nSPS) is 17.9. The van der Waals surface area contributed by atoms with Gasteiger partial charge in [-0.05, 0) is 25.0 Å². The van der Waals surface area contributed by atoms with Crippen molar-refractivity contribution in [1.29, 1.82) is 0 Å². The van der Waals surface area contributed by atoms with E-state index in [1.54, 1.807) is 4.90 Å². The molecule has 0 saturated carbocycles. The van der Waals surface area contributed by atoms with E-state index in [1.807, 2.05) is 5.38 Å². The van der Waals surface area contributed by atoms with E-state index in [-0.39, 0.29) is 41.3 Å². The summed E-state index contributed by atoms with van der Waals surface area (Å²) < 4.78 is 38.5. The second-order valence-electron chi connectivity index (χ2n) is 8.51. The van der Waals surface area contributed by atoms with Gasteiger partial charge in [0, 0.05) is 30.8 Å². The molecule has 0 spiro atoms. The molecule has 3 aromatic rings. The van der Waals surface area contributed by atoms with Gasteiger partial charge in [-0.1, -0.05) is 16.8 Å². The predicted octanol–water partition coefficient (Wildman–Crippen LogP) is 4.52. The van der Waals surface area contributed by atoms with E-state index in [9.17, 15) is 13.6 Å². The van der Waals surface area contributed by atoms with Gasteiger partial charge in [-0.25, -0.2) is 23.7 Å². The van der Waals surface area contributed by atoms with Gasteiger partial charge in [0.2, 0.25) is 11.8 Å². The lowest BCUT2D eigenvalue weighted by Gasteiger charge is -2.31. The molecular formula is C24H22ClF2N5O4S. The number of rotatable bonds is 7. The molecule has 9 nitrogen and oxygen atoms in total. The number of halogens is 3. The Bertz CT molecular complexity index is 1330. The first kappa shape index (κ1) is 25.3. The summed E-state index contributed by atoms with van der Waals surface area (Å²) in [5.41, 5.74) is 1.15. The zero-order valence-electron chi connectivity index (χ0n) is 19.7. The third-order valence-corrected chi connectivity index (χ3v) is 7.59. The number of hydrogen-bond acceptors (Lipinski definition) is 9. The Morgan fingerprint density at radius 3 is 2.81 bits per heavy atom. The average molecular weight is 550 g/mol. The smallest absolute Gasteiger partial charge is 0.260 e. The molecular weight excluding hydrogens is 528 g/mol. The Labute approximate surface area is 220 Å². The lowest BCUT2D eigenvalue weighted by molar-refractivity contribution is -0.134. The zero-order chi connectivity index (χ0) is 25.9. The minimum Gasteiger partial charge on any atom is -0.481 e. The first-order valence-electron chi connectivity index (χ1n) is 11.5. The lowest BCUT2D eigenvalue weighted by atomic mass is 9.97. The van der Waals surface area contributed by atoms with Crippen molar-refractivity contribution in [3.05, 3.63) is 62.8 Å². The Kier molecular flexibility index (Phi) is 7.47. The monoisotopic (exact) mass is 549 g/mol. The molecule has 1 unspecified atom stereocenters. The molecule has 0 N–H and O–H groups in total. The molecule has 13 heteroatoms. The molecule has 1 fully saturated rings. The van der Waals surface area contributed by atoms with E-state index in [0.717, 1.165) is 23.9 Å². The molecule has 5 rings (SSSR count). The fourth-order valence-corrected chi connectivity index (χ4v) is 5.51. The maximum absolute atomic E-state index is 14.3. The van der Waals surface area contributed by atoms with E-state index in [2.05, 4.69) is 15.1 Å². The van der Waals surface area contributed by atoms with Crippen LogP contribution in [0.15, 0.2) is 35.1 Å². The molecule has 1 atom stereocenters. The van der Waals surface area contributed by atoms with Crippen molar-refractivity contribution in [1.82, 2.24) is 19.9 Å². The number of carbonyl (C=O) groups excluding carboxylic acids is 1. The van der Waals surface area contributed by atoms with Crippen LogP contribution >= 0.6 is 22.9 Å². The number of aromatic nitrogens is 3. The Morgan fingerprint density at radius 2 is 2.03 bits per heavy atom. The molecule has 2 aromatic heterocycles. The number of methoxy groups -OCH3 is 1. The number of hydrogen-bond donors (Lipinski definition) is 0. The predicted molar refractivity (Wildman–Crippen MR) is 131 cm³/mol. The summed E-state index contributed by atoms with van der Waals surface area (Å²) in [6, 6.07) is 3.80. The van der Waals surface area contributed by atoms with Crippen molar-refractivity contribution < 1.29 is 27.9 Å². The molecule has 0 bridgehead atoms. The van der Waals surface area contributed by atoms with Gasteiger partial charge in [0.25, 0.3) is 5.91 Å². The number of ether oxygens (including phenoxy) is 2.